The second kappa shape index (κ2) is 16.8. The van der Waals surface area contributed by atoms with Gasteiger partial charge in [0.05, 0.1) is 22.1 Å². The molecule has 0 radical (unpaired) electrons. The number of allylic oxidation sites excluding steroid dienone is 11. The summed E-state index contributed by atoms with van der Waals surface area (Å²) in [5, 5.41) is 4.61. The van der Waals surface area contributed by atoms with Crippen molar-refractivity contribution in [2.75, 3.05) is 0 Å². The number of rotatable bonds is 10. The van der Waals surface area contributed by atoms with Crippen LogP contribution in [-0.2, 0) is 0 Å². The molecule has 0 fully saturated rings. The zero-order valence-electron chi connectivity index (χ0n) is 35.2. The molecule has 5 nitrogen and oxygen atoms in total. The van der Waals surface area contributed by atoms with Gasteiger partial charge in [0.25, 0.3) is 0 Å². The van der Waals surface area contributed by atoms with Gasteiger partial charge < -0.3 is 9.13 Å². The van der Waals surface area contributed by atoms with Gasteiger partial charge >= 0.3 is 0 Å². The third-order valence-electron chi connectivity index (χ3n) is 12.1. The molecule has 11 rings (SSSR count). The number of nitrogens with zero attached hydrogens (tertiary/aromatic N) is 5. The van der Waals surface area contributed by atoms with Gasteiger partial charge in [-0.05, 0) is 72.5 Å². The molecule has 1 aliphatic carbocycles. The summed E-state index contributed by atoms with van der Waals surface area (Å²) in [4.78, 5) is 16.0. The summed E-state index contributed by atoms with van der Waals surface area (Å²) in [5.41, 5.74) is 13.1. The van der Waals surface area contributed by atoms with Gasteiger partial charge in [-0.3, -0.25) is 0 Å². The van der Waals surface area contributed by atoms with Crippen molar-refractivity contribution in [2.24, 2.45) is 0 Å². The van der Waals surface area contributed by atoms with Crippen molar-refractivity contribution in [2.45, 2.75) is 12.8 Å². The lowest BCUT2D eigenvalue weighted by molar-refractivity contribution is 1.08. The molecular weight excluding hydrogens is 779 g/mol. The van der Waals surface area contributed by atoms with Gasteiger partial charge in [-0.25, -0.2) is 15.0 Å². The molecule has 3 aromatic heterocycles. The molecule has 0 saturated heterocycles. The minimum Gasteiger partial charge on any atom is -0.309 e. The lowest BCUT2D eigenvalue weighted by Gasteiger charge is -2.12. The number of para-hydroxylation sites is 4. The van der Waals surface area contributed by atoms with Gasteiger partial charge in [0.1, 0.15) is 0 Å². The second-order valence-electron chi connectivity index (χ2n) is 16.0. The van der Waals surface area contributed by atoms with Gasteiger partial charge in [-0.2, -0.15) is 0 Å². The first-order valence-corrected chi connectivity index (χ1v) is 21.8. The van der Waals surface area contributed by atoms with Crippen molar-refractivity contribution >= 4 is 49.2 Å². The van der Waals surface area contributed by atoms with Crippen LogP contribution in [-0.4, -0.2) is 24.1 Å². The lowest BCUT2D eigenvalue weighted by Crippen LogP contribution is -2.01. The van der Waals surface area contributed by atoms with E-state index in [2.05, 4.69) is 222 Å². The summed E-state index contributed by atoms with van der Waals surface area (Å²) in [6.07, 6.45) is 20.8. The third kappa shape index (κ3) is 7.09. The summed E-state index contributed by atoms with van der Waals surface area (Å²) in [7, 11) is 0. The maximum absolute atomic E-state index is 5.37. The van der Waals surface area contributed by atoms with Crippen LogP contribution in [0, 0.1) is 0 Å². The number of benzene rings is 7. The number of aromatic nitrogens is 5. The fourth-order valence-corrected chi connectivity index (χ4v) is 9.05. The molecule has 304 valence electrons. The van der Waals surface area contributed by atoms with E-state index in [0.29, 0.717) is 17.5 Å². The molecule has 10 aromatic rings. The molecule has 64 heavy (non-hydrogen) atoms. The van der Waals surface area contributed by atoms with Crippen LogP contribution in [0.1, 0.15) is 18.4 Å². The molecule has 0 saturated carbocycles. The zero-order valence-corrected chi connectivity index (χ0v) is 35.2. The SMILES string of the molecule is C=C/C=C\C=C/CC1=CC=C(c2ccc(-c3nc(-c4ccc5c6ccccc6n(-c6ccccc6)c5c4)nc(-c4cccc5c4c4ccccc4n5-c4ccccc4)n3)cc2)C=CC1. The highest BCUT2D eigenvalue weighted by atomic mass is 15.0. The van der Waals surface area contributed by atoms with Crippen molar-refractivity contribution in [3.8, 4) is 45.5 Å². The topological polar surface area (TPSA) is 48.5 Å². The highest BCUT2D eigenvalue weighted by Crippen LogP contribution is 2.39. The molecule has 5 heteroatoms. The van der Waals surface area contributed by atoms with Crippen LogP contribution in [0.5, 0.6) is 0 Å². The molecule has 1 aliphatic rings. The first kappa shape index (κ1) is 38.5. The number of hydrogen-bond acceptors (Lipinski definition) is 3. The van der Waals surface area contributed by atoms with Crippen LogP contribution in [0.4, 0.5) is 0 Å². The Hall–Kier alpha value is -8.41. The Kier molecular flexibility index (Phi) is 10.1. The molecule has 3 heterocycles. The van der Waals surface area contributed by atoms with Gasteiger partial charge in [0, 0.05) is 49.6 Å². The summed E-state index contributed by atoms with van der Waals surface area (Å²) < 4.78 is 4.67. The van der Waals surface area contributed by atoms with E-state index in [0.717, 1.165) is 84.9 Å². The minimum absolute atomic E-state index is 0.612. The highest BCUT2D eigenvalue weighted by Gasteiger charge is 2.21. The predicted octanol–water partition coefficient (Wildman–Crippen LogP) is 15.0. The highest BCUT2D eigenvalue weighted by molar-refractivity contribution is 6.15. The largest absolute Gasteiger partial charge is 0.309 e. The quantitative estimate of drug-likeness (QED) is 0.129. The van der Waals surface area contributed by atoms with Crippen LogP contribution in [0.25, 0.3) is 94.7 Å². The van der Waals surface area contributed by atoms with Crippen molar-refractivity contribution < 1.29 is 0 Å². The summed E-state index contributed by atoms with van der Waals surface area (Å²) >= 11 is 0. The Morgan fingerprint density at radius 2 is 1.08 bits per heavy atom. The minimum atomic E-state index is 0.612. The maximum atomic E-state index is 5.37. The maximum Gasteiger partial charge on any atom is 0.164 e. The normalized spacial score (nSPS) is 13.1. The summed E-state index contributed by atoms with van der Waals surface area (Å²) in [6.45, 7) is 3.75. The fourth-order valence-electron chi connectivity index (χ4n) is 9.05. The fraction of sp³-hybridized carbons (Fsp3) is 0.0339. The summed E-state index contributed by atoms with van der Waals surface area (Å²) in [5.74, 6) is 1.85. The number of fused-ring (bicyclic) bond motifs is 6. The van der Waals surface area contributed by atoms with Crippen molar-refractivity contribution in [3.63, 3.8) is 0 Å². The van der Waals surface area contributed by atoms with Crippen molar-refractivity contribution in [1.82, 2.24) is 24.1 Å². The third-order valence-corrected chi connectivity index (χ3v) is 12.1. The monoisotopic (exact) mass is 821 g/mol. The van der Waals surface area contributed by atoms with Gasteiger partial charge in [0.15, 0.2) is 17.5 Å². The molecule has 7 aromatic carbocycles. The van der Waals surface area contributed by atoms with Crippen molar-refractivity contribution in [1.29, 1.82) is 0 Å². The van der Waals surface area contributed by atoms with Gasteiger partial charge in [-0.15, -0.1) is 0 Å². The van der Waals surface area contributed by atoms with E-state index in [4.69, 9.17) is 15.0 Å². The standard InChI is InChI=1S/C59H43N5/c1-2-3-4-5-8-19-41-20-17-21-42(33-32-41)43-34-36-44(37-35-43)57-60-58(45-38-39-49-48-26-13-15-29-52(48)64(55(49)40-45)47-24-11-7-12-25-47)62-59(61-57)51-28-18-31-54-56(51)50-27-14-16-30-53(50)63(54)46-22-9-6-10-23-46/h2-18,21-40H,1,19-20H2/b4-3-,8-5-. The average Bonchev–Trinajstić information content (AvgIpc) is 3.76. The van der Waals surface area contributed by atoms with E-state index in [1.807, 2.05) is 12.2 Å². The first-order valence-electron chi connectivity index (χ1n) is 21.8. The van der Waals surface area contributed by atoms with Crippen LogP contribution < -0.4 is 0 Å². The Bertz CT molecular complexity index is 3540. The molecule has 0 aliphatic heterocycles. The predicted molar refractivity (Wildman–Crippen MR) is 268 cm³/mol. The van der Waals surface area contributed by atoms with E-state index in [1.165, 1.54) is 16.3 Å². The Labute approximate surface area is 372 Å². The molecule has 0 unspecified atom stereocenters. The lowest BCUT2D eigenvalue weighted by atomic mass is 10.0. The molecule has 0 bridgehead atoms. The second-order valence-corrected chi connectivity index (χ2v) is 16.0. The van der Waals surface area contributed by atoms with E-state index < -0.39 is 0 Å². The molecular formula is C59H43N5. The molecule has 0 amide bonds. The summed E-state index contributed by atoms with van der Waals surface area (Å²) in [6, 6.07) is 60.0. The van der Waals surface area contributed by atoms with Gasteiger partial charge in [0.2, 0.25) is 0 Å². The van der Waals surface area contributed by atoms with Crippen LogP contribution in [0.3, 0.4) is 0 Å². The van der Waals surface area contributed by atoms with E-state index >= 15 is 0 Å². The first-order chi connectivity index (χ1) is 31.7. The van der Waals surface area contributed by atoms with E-state index in [-0.39, 0.29) is 0 Å². The Morgan fingerprint density at radius 1 is 0.484 bits per heavy atom. The van der Waals surface area contributed by atoms with Gasteiger partial charge in [-0.1, -0.05) is 188 Å². The van der Waals surface area contributed by atoms with Crippen molar-refractivity contribution in [3.05, 3.63) is 242 Å². The molecule has 0 spiro atoms. The van der Waals surface area contributed by atoms with Crippen LogP contribution in [0.2, 0.25) is 0 Å². The van der Waals surface area contributed by atoms with E-state index in [1.54, 1.807) is 6.08 Å². The number of hydrogen-bond donors (Lipinski definition) is 0. The Balaban J connectivity index is 1.07. The average molecular weight is 822 g/mol. The smallest absolute Gasteiger partial charge is 0.164 e. The molecule has 0 atom stereocenters. The Morgan fingerprint density at radius 3 is 1.83 bits per heavy atom. The van der Waals surface area contributed by atoms with Crippen LogP contribution in [0.15, 0.2) is 237 Å². The van der Waals surface area contributed by atoms with Crippen LogP contribution >= 0.6 is 0 Å². The molecule has 0 N–H and O–H groups in total. The zero-order chi connectivity index (χ0) is 42.8. The van der Waals surface area contributed by atoms with E-state index in [9.17, 15) is 0 Å².